The first kappa shape index (κ1) is 13.3. The van der Waals surface area contributed by atoms with Crippen LogP contribution in [-0.2, 0) is 0 Å². The molecule has 0 amide bonds. The third-order valence-corrected chi connectivity index (χ3v) is 2.36. The van der Waals surface area contributed by atoms with Crippen molar-refractivity contribution in [2.45, 2.75) is 0 Å². The molecule has 0 aliphatic carbocycles. The van der Waals surface area contributed by atoms with E-state index in [0.29, 0.717) is 0 Å². The molecule has 2 aromatic carbocycles. The maximum atomic E-state index is 10.4. The normalized spacial score (nSPS) is 10.2. The Balaban J connectivity index is 2.60. The molecule has 20 heavy (non-hydrogen) atoms. The Kier molecular flexibility index (Phi) is 3.21. The number of hydrogen-bond donors (Lipinski definition) is 4. The van der Waals surface area contributed by atoms with E-state index in [2.05, 4.69) is 9.47 Å². The van der Waals surface area contributed by atoms with Crippen molar-refractivity contribution in [1.82, 2.24) is 0 Å². The molecular weight excluding hydrogens is 272 g/mol. The van der Waals surface area contributed by atoms with Gasteiger partial charge in [0.15, 0.2) is 0 Å². The van der Waals surface area contributed by atoms with E-state index in [0.717, 1.165) is 12.1 Å². The summed E-state index contributed by atoms with van der Waals surface area (Å²) in [5.74, 6) is -1.21. The number of aromatic hydroxyl groups is 2. The molecular formula is C12H8O8. The largest absolute Gasteiger partial charge is 0.511 e. The van der Waals surface area contributed by atoms with Gasteiger partial charge in [-0.2, -0.15) is 0 Å². The molecule has 0 heterocycles. The summed E-state index contributed by atoms with van der Waals surface area (Å²) in [4.78, 5) is 20.9. The molecule has 0 aliphatic heterocycles. The molecule has 4 N–H and O–H groups in total. The summed E-state index contributed by atoms with van der Waals surface area (Å²) < 4.78 is 8.76. The quantitative estimate of drug-likeness (QED) is 0.486. The minimum Gasteiger partial charge on any atom is -0.507 e. The summed E-state index contributed by atoms with van der Waals surface area (Å²) in [6.07, 6.45) is -3.16. The Bertz CT molecular complexity index is 649. The first-order valence-corrected chi connectivity index (χ1v) is 5.18. The van der Waals surface area contributed by atoms with Crippen LogP contribution in [0.15, 0.2) is 24.3 Å². The number of rotatable bonds is 2. The first-order valence-electron chi connectivity index (χ1n) is 5.18. The predicted molar refractivity (Wildman–Crippen MR) is 64.6 cm³/mol. The van der Waals surface area contributed by atoms with Gasteiger partial charge in [0.2, 0.25) is 0 Å². The topological polar surface area (TPSA) is 134 Å². The number of carbonyl (C=O) groups is 2. The molecule has 0 fully saturated rings. The summed E-state index contributed by atoms with van der Waals surface area (Å²) in [5.41, 5.74) is 0. The van der Waals surface area contributed by atoms with Crippen LogP contribution >= 0.6 is 0 Å². The van der Waals surface area contributed by atoms with Crippen LogP contribution in [0.4, 0.5) is 9.59 Å². The summed E-state index contributed by atoms with van der Waals surface area (Å²) in [7, 11) is 0. The molecule has 0 saturated heterocycles. The van der Waals surface area contributed by atoms with Gasteiger partial charge in [0.05, 0.1) is 5.39 Å². The van der Waals surface area contributed by atoms with E-state index in [-0.39, 0.29) is 22.3 Å². The number of hydrogen-bond acceptors (Lipinski definition) is 6. The monoisotopic (exact) mass is 280 g/mol. The average Bonchev–Trinajstić information content (AvgIpc) is 2.24. The lowest BCUT2D eigenvalue weighted by atomic mass is 10.1. The smallest absolute Gasteiger partial charge is 0.507 e. The van der Waals surface area contributed by atoms with Crippen LogP contribution < -0.4 is 9.47 Å². The number of phenols is 2. The lowest BCUT2D eigenvalue weighted by molar-refractivity contribution is 0.143. The van der Waals surface area contributed by atoms with Gasteiger partial charge in [0, 0.05) is 12.1 Å². The molecule has 2 aromatic rings. The van der Waals surface area contributed by atoms with Gasteiger partial charge in [-0.1, -0.05) is 0 Å². The van der Waals surface area contributed by atoms with Crippen molar-refractivity contribution in [3.63, 3.8) is 0 Å². The highest BCUT2D eigenvalue weighted by Crippen LogP contribution is 2.39. The second-order valence-corrected chi connectivity index (χ2v) is 3.72. The van der Waals surface area contributed by atoms with Crippen molar-refractivity contribution >= 4 is 23.1 Å². The third-order valence-electron chi connectivity index (χ3n) is 2.36. The molecule has 0 bridgehead atoms. The van der Waals surface area contributed by atoms with Crippen LogP contribution in [-0.4, -0.2) is 32.7 Å². The minimum atomic E-state index is -1.58. The molecule has 0 spiro atoms. The van der Waals surface area contributed by atoms with Crippen LogP contribution in [0.5, 0.6) is 23.0 Å². The fourth-order valence-electron chi connectivity index (χ4n) is 1.74. The summed E-state index contributed by atoms with van der Waals surface area (Å²) in [5, 5.41) is 36.6. The lowest BCUT2D eigenvalue weighted by Crippen LogP contribution is -2.03. The summed E-state index contributed by atoms with van der Waals surface area (Å²) >= 11 is 0. The van der Waals surface area contributed by atoms with Crippen LogP contribution in [0.3, 0.4) is 0 Å². The van der Waals surface area contributed by atoms with Crippen molar-refractivity contribution in [2.75, 3.05) is 0 Å². The Labute approximate surface area is 111 Å². The van der Waals surface area contributed by atoms with E-state index in [4.69, 9.17) is 10.2 Å². The fraction of sp³-hybridized carbons (Fsp3) is 0. The van der Waals surface area contributed by atoms with E-state index >= 15 is 0 Å². The number of fused-ring (bicyclic) bond motifs is 1. The van der Waals surface area contributed by atoms with E-state index in [1.165, 1.54) is 12.1 Å². The molecule has 0 unspecified atom stereocenters. The van der Waals surface area contributed by atoms with E-state index in [9.17, 15) is 19.8 Å². The van der Waals surface area contributed by atoms with Crippen molar-refractivity contribution in [1.29, 1.82) is 0 Å². The molecule has 0 saturated carbocycles. The second kappa shape index (κ2) is 4.84. The third kappa shape index (κ3) is 2.64. The maximum absolute atomic E-state index is 10.4. The summed E-state index contributed by atoms with van der Waals surface area (Å²) in [6, 6.07) is 4.43. The van der Waals surface area contributed by atoms with E-state index < -0.39 is 23.8 Å². The Morgan fingerprint density at radius 1 is 0.800 bits per heavy atom. The van der Waals surface area contributed by atoms with Crippen molar-refractivity contribution in [3.05, 3.63) is 24.3 Å². The zero-order chi connectivity index (χ0) is 14.9. The second-order valence-electron chi connectivity index (χ2n) is 3.72. The average molecular weight is 280 g/mol. The SMILES string of the molecule is O=C(O)Oc1cc(O)c2c(O)cc(OC(=O)O)cc2c1. The van der Waals surface area contributed by atoms with Gasteiger partial charge in [-0.05, 0) is 17.5 Å². The molecule has 0 radical (unpaired) electrons. The zero-order valence-corrected chi connectivity index (χ0v) is 9.73. The zero-order valence-electron chi connectivity index (χ0n) is 9.73. The van der Waals surface area contributed by atoms with Gasteiger partial charge in [0.1, 0.15) is 23.0 Å². The maximum Gasteiger partial charge on any atom is 0.511 e. The van der Waals surface area contributed by atoms with Crippen LogP contribution in [0.2, 0.25) is 0 Å². The van der Waals surface area contributed by atoms with Crippen molar-refractivity contribution in [3.8, 4) is 23.0 Å². The van der Waals surface area contributed by atoms with Gasteiger partial charge >= 0.3 is 12.3 Å². The van der Waals surface area contributed by atoms with E-state index in [1.807, 2.05) is 0 Å². The lowest BCUT2D eigenvalue weighted by Gasteiger charge is -2.08. The van der Waals surface area contributed by atoms with Crippen LogP contribution in [0.25, 0.3) is 10.8 Å². The summed E-state index contributed by atoms with van der Waals surface area (Å²) in [6.45, 7) is 0. The molecule has 2 rings (SSSR count). The van der Waals surface area contributed by atoms with Gasteiger partial charge in [-0.25, -0.2) is 9.59 Å². The highest BCUT2D eigenvalue weighted by atomic mass is 16.7. The number of ether oxygens (including phenoxy) is 2. The Morgan fingerprint density at radius 2 is 1.20 bits per heavy atom. The fourth-order valence-corrected chi connectivity index (χ4v) is 1.74. The van der Waals surface area contributed by atoms with Gasteiger partial charge in [0.25, 0.3) is 0 Å². The number of carboxylic acid groups (broad SMARTS) is 2. The van der Waals surface area contributed by atoms with Gasteiger partial charge in [-0.3, -0.25) is 0 Å². The van der Waals surface area contributed by atoms with Crippen LogP contribution in [0.1, 0.15) is 0 Å². The molecule has 8 heteroatoms. The van der Waals surface area contributed by atoms with Crippen LogP contribution in [0, 0.1) is 0 Å². The predicted octanol–water partition coefficient (Wildman–Crippen LogP) is 2.36. The van der Waals surface area contributed by atoms with Crippen molar-refractivity contribution < 1.29 is 39.5 Å². The molecule has 0 aliphatic rings. The standard InChI is InChI=1S/C12H8O8/c13-8-3-6(19-11(15)16)1-5-2-7(20-12(17)18)4-9(14)10(5)8/h1-4,13-14H,(H,15,16)(H,17,18). The molecule has 0 aromatic heterocycles. The number of benzene rings is 2. The minimum absolute atomic E-state index is 0.0143. The Morgan fingerprint density at radius 3 is 1.55 bits per heavy atom. The number of phenolic OH excluding ortho intramolecular Hbond substituents is 2. The highest BCUT2D eigenvalue weighted by molar-refractivity contribution is 5.96. The first-order chi connectivity index (χ1) is 9.36. The molecule has 8 nitrogen and oxygen atoms in total. The molecule has 0 atom stereocenters. The van der Waals surface area contributed by atoms with E-state index in [1.54, 1.807) is 0 Å². The Hall–Kier alpha value is -3.16. The molecule has 104 valence electrons. The van der Waals surface area contributed by atoms with Gasteiger partial charge < -0.3 is 29.9 Å². The van der Waals surface area contributed by atoms with Gasteiger partial charge in [-0.15, -0.1) is 0 Å². The van der Waals surface area contributed by atoms with Crippen molar-refractivity contribution in [2.24, 2.45) is 0 Å². The highest BCUT2D eigenvalue weighted by Gasteiger charge is 2.13.